The predicted octanol–water partition coefficient (Wildman–Crippen LogP) is 4.93. The number of aryl methyl sites for hydroxylation is 1. The Bertz CT molecular complexity index is 1600. The van der Waals surface area contributed by atoms with Gasteiger partial charge in [0.15, 0.2) is 5.13 Å². The second-order valence-electron chi connectivity index (χ2n) is 8.27. The van der Waals surface area contributed by atoms with Crippen LogP contribution in [-0.2, 0) is 9.59 Å². The fourth-order valence-corrected chi connectivity index (χ4v) is 5.30. The molecular weight excluding hydrogens is 496 g/mol. The van der Waals surface area contributed by atoms with Crippen LogP contribution in [0.3, 0.4) is 0 Å². The fourth-order valence-electron chi connectivity index (χ4n) is 4.27. The number of nitro benzene ring substituents is 1. The quantitative estimate of drug-likeness (QED) is 0.125. The minimum absolute atomic E-state index is 0.105. The molecule has 1 amide bonds. The summed E-state index contributed by atoms with van der Waals surface area (Å²) in [6.45, 7) is 4.16. The highest BCUT2D eigenvalue weighted by atomic mass is 32.1. The highest BCUT2D eigenvalue weighted by Gasteiger charge is 2.48. The summed E-state index contributed by atoms with van der Waals surface area (Å²) in [6, 6.07) is 11.6. The number of Topliss-reactive ketones (excluding diaryl/α,β-unsaturated/α-hetero) is 1. The summed E-state index contributed by atoms with van der Waals surface area (Å²) in [4.78, 5) is 47.2. The van der Waals surface area contributed by atoms with E-state index in [1.807, 2.05) is 13.8 Å². The van der Waals surface area contributed by atoms with Crippen molar-refractivity contribution >= 4 is 49.8 Å². The van der Waals surface area contributed by atoms with Crippen molar-refractivity contribution in [2.45, 2.75) is 19.9 Å². The molecule has 186 valence electrons. The molecule has 10 nitrogen and oxygen atoms in total. The highest BCUT2D eigenvalue weighted by molar-refractivity contribution is 7.22. The second-order valence-corrected chi connectivity index (χ2v) is 9.28. The van der Waals surface area contributed by atoms with Crippen LogP contribution in [0.25, 0.3) is 16.0 Å². The summed E-state index contributed by atoms with van der Waals surface area (Å²) in [5.74, 6) is -1.43. The molecule has 37 heavy (non-hydrogen) atoms. The van der Waals surface area contributed by atoms with Gasteiger partial charge in [-0.1, -0.05) is 17.4 Å². The topological polar surface area (TPSA) is 136 Å². The molecule has 1 N–H and O–H groups in total. The number of aliphatic hydroxyl groups excluding tert-OH is 1. The lowest BCUT2D eigenvalue weighted by Crippen LogP contribution is -2.29. The van der Waals surface area contributed by atoms with Crippen LogP contribution in [0.1, 0.15) is 29.7 Å². The van der Waals surface area contributed by atoms with E-state index in [2.05, 4.69) is 9.97 Å². The van der Waals surface area contributed by atoms with Gasteiger partial charge in [0.05, 0.1) is 33.4 Å². The molecule has 1 atom stereocenters. The van der Waals surface area contributed by atoms with Gasteiger partial charge >= 0.3 is 5.91 Å². The van der Waals surface area contributed by atoms with Crippen molar-refractivity contribution in [2.75, 3.05) is 11.5 Å². The Morgan fingerprint density at radius 3 is 2.70 bits per heavy atom. The maximum Gasteiger partial charge on any atom is 0.301 e. The van der Waals surface area contributed by atoms with Crippen molar-refractivity contribution in [1.82, 2.24) is 9.97 Å². The number of pyridine rings is 1. The van der Waals surface area contributed by atoms with Crippen molar-refractivity contribution in [3.8, 4) is 5.75 Å². The van der Waals surface area contributed by atoms with Crippen molar-refractivity contribution in [3.63, 3.8) is 0 Å². The number of anilines is 1. The zero-order chi connectivity index (χ0) is 26.3. The molecule has 1 aliphatic heterocycles. The van der Waals surface area contributed by atoms with Crippen molar-refractivity contribution in [3.05, 3.63) is 93.3 Å². The normalized spacial score (nSPS) is 16.9. The molecule has 11 heteroatoms. The van der Waals surface area contributed by atoms with E-state index in [0.29, 0.717) is 33.7 Å². The third-order valence-corrected chi connectivity index (χ3v) is 6.99. The van der Waals surface area contributed by atoms with Crippen molar-refractivity contribution < 1.29 is 24.4 Å². The second kappa shape index (κ2) is 9.43. The standard InChI is InChI=1S/C26H20N4O6S/c1-3-36-19-9-6-15(11-14(19)2)23(31)21-22(16-5-4-10-27-13-16)29(25(33)24(21)32)26-28-18-8-7-17(30(34)35)12-20(18)37-26/h4-13,22,31H,3H2,1-2H3/b23-21+. The number of carbonyl (C=O) groups is 2. The predicted molar refractivity (Wildman–Crippen MR) is 138 cm³/mol. The van der Waals surface area contributed by atoms with Crippen LogP contribution in [0.2, 0.25) is 0 Å². The number of aromatic nitrogens is 2. The zero-order valence-corrected chi connectivity index (χ0v) is 20.6. The summed E-state index contributed by atoms with van der Waals surface area (Å²) in [7, 11) is 0. The van der Waals surface area contributed by atoms with E-state index in [0.717, 1.165) is 16.9 Å². The van der Waals surface area contributed by atoms with Gasteiger partial charge < -0.3 is 9.84 Å². The molecule has 0 saturated carbocycles. The Morgan fingerprint density at radius 1 is 1.22 bits per heavy atom. The SMILES string of the molecule is CCOc1ccc(/C(O)=C2\C(=O)C(=O)N(c3nc4ccc([N+](=O)[O-])cc4s3)C2c2cccnc2)cc1C. The van der Waals surface area contributed by atoms with Crippen LogP contribution < -0.4 is 9.64 Å². The summed E-state index contributed by atoms with van der Waals surface area (Å²) >= 11 is 1.05. The first kappa shape index (κ1) is 24.1. The molecule has 0 spiro atoms. The van der Waals surface area contributed by atoms with E-state index in [4.69, 9.17) is 4.74 Å². The first-order valence-corrected chi connectivity index (χ1v) is 12.1. The van der Waals surface area contributed by atoms with Gasteiger partial charge in [-0.2, -0.15) is 0 Å². The zero-order valence-electron chi connectivity index (χ0n) is 19.7. The molecule has 0 radical (unpaired) electrons. The summed E-state index contributed by atoms with van der Waals surface area (Å²) in [5.41, 5.74) is 1.83. The van der Waals surface area contributed by atoms with Gasteiger partial charge in [0.1, 0.15) is 11.5 Å². The molecule has 2 aromatic heterocycles. The Morgan fingerprint density at radius 2 is 2.03 bits per heavy atom. The van der Waals surface area contributed by atoms with E-state index in [1.54, 1.807) is 36.5 Å². The Labute approximate surface area is 214 Å². The number of benzene rings is 2. The molecule has 3 heterocycles. The number of hydrogen-bond acceptors (Lipinski definition) is 9. The highest BCUT2D eigenvalue weighted by Crippen LogP contribution is 2.44. The van der Waals surface area contributed by atoms with E-state index in [9.17, 15) is 24.8 Å². The van der Waals surface area contributed by atoms with Crippen molar-refractivity contribution in [1.29, 1.82) is 0 Å². The van der Waals surface area contributed by atoms with Gasteiger partial charge in [0.25, 0.3) is 11.5 Å². The van der Waals surface area contributed by atoms with E-state index >= 15 is 0 Å². The van der Waals surface area contributed by atoms with Gasteiger partial charge in [-0.15, -0.1) is 0 Å². The van der Waals surface area contributed by atoms with Gasteiger partial charge in [0.2, 0.25) is 0 Å². The first-order chi connectivity index (χ1) is 17.8. The lowest BCUT2D eigenvalue weighted by molar-refractivity contribution is -0.384. The molecule has 1 saturated heterocycles. The average Bonchev–Trinajstić information content (AvgIpc) is 3.43. The maximum atomic E-state index is 13.3. The lowest BCUT2D eigenvalue weighted by atomic mass is 9.96. The smallest absolute Gasteiger partial charge is 0.301 e. The fraction of sp³-hybridized carbons (Fsp3) is 0.154. The van der Waals surface area contributed by atoms with Crippen LogP contribution in [0, 0.1) is 17.0 Å². The van der Waals surface area contributed by atoms with Crippen LogP contribution in [0.5, 0.6) is 5.75 Å². The van der Waals surface area contributed by atoms with E-state index < -0.39 is 22.7 Å². The van der Waals surface area contributed by atoms with Crippen LogP contribution in [0.15, 0.2) is 66.5 Å². The van der Waals surface area contributed by atoms with Gasteiger partial charge in [-0.05, 0) is 55.3 Å². The van der Waals surface area contributed by atoms with Crippen LogP contribution in [0.4, 0.5) is 10.8 Å². The summed E-state index contributed by atoms with van der Waals surface area (Å²) < 4.78 is 6.05. The number of nitrogens with zero attached hydrogens (tertiary/aromatic N) is 4. The number of amides is 1. The average molecular weight is 517 g/mol. The largest absolute Gasteiger partial charge is 0.507 e. The number of hydrogen-bond donors (Lipinski definition) is 1. The third kappa shape index (κ3) is 4.19. The number of rotatable bonds is 6. The number of carbonyl (C=O) groups excluding carboxylic acids is 2. The lowest BCUT2D eigenvalue weighted by Gasteiger charge is -2.22. The van der Waals surface area contributed by atoms with Gasteiger partial charge in [-0.3, -0.25) is 29.6 Å². The number of fused-ring (bicyclic) bond motifs is 1. The Hall–Kier alpha value is -4.64. The molecule has 1 fully saturated rings. The minimum atomic E-state index is -1.00. The molecule has 2 aromatic carbocycles. The molecule has 4 aromatic rings. The number of nitro groups is 1. The monoisotopic (exact) mass is 516 g/mol. The summed E-state index contributed by atoms with van der Waals surface area (Å²) in [6.07, 6.45) is 3.07. The molecule has 5 rings (SSSR count). The van der Waals surface area contributed by atoms with E-state index in [1.165, 1.54) is 29.3 Å². The van der Waals surface area contributed by atoms with Crippen LogP contribution >= 0.6 is 11.3 Å². The third-order valence-electron chi connectivity index (χ3n) is 5.97. The number of thiazole rings is 1. The number of non-ortho nitro benzene ring substituents is 1. The molecular formula is C26H20N4O6S. The molecule has 0 aliphatic carbocycles. The molecule has 1 unspecified atom stereocenters. The van der Waals surface area contributed by atoms with Gasteiger partial charge in [0, 0.05) is 30.1 Å². The van der Waals surface area contributed by atoms with E-state index in [-0.39, 0.29) is 22.2 Å². The summed E-state index contributed by atoms with van der Waals surface area (Å²) in [5, 5.41) is 22.7. The maximum absolute atomic E-state index is 13.3. The molecule has 0 bridgehead atoms. The Kier molecular flexibility index (Phi) is 6.14. The number of ketones is 1. The van der Waals surface area contributed by atoms with Gasteiger partial charge in [-0.25, -0.2) is 4.98 Å². The number of ether oxygens (including phenoxy) is 1. The number of aliphatic hydroxyl groups is 1. The van der Waals surface area contributed by atoms with Crippen LogP contribution in [-0.4, -0.2) is 38.3 Å². The molecule has 1 aliphatic rings. The van der Waals surface area contributed by atoms with Crippen molar-refractivity contribution in [2.24, 2.45) is 0 Å². The first-order valence-electron chi connectivity index (χ1n) is 11.3. The Balaban J connectivity index is 1.68. The minimum Gasteiger partial charge on any atom is -0.507 e.